The van der Waals surface area contributed by atoms with Crippen LogP contribution in [0.1, 0.15) is 17.5 Å². The number of hydrogen-bond acceptors (Lipinski definition) is 2. The van der Waals surface area contributed by atoms with Gasteiger partial charge in [0.1, 0.15) is 6.07 Å². The first-order chi connectivity index (χ1) is 9.69. The zero-order chi connectivity index (χ0) is 14.4. The van der Waals surface area contributed by atoms with Crippen LogP contribution in [0.15, 0.2) is 48.5 Å². The van der Waals surface area contributed by atoms with E-state index in [0.29, 0.717) is 6.42 Å². The van der Waals surface area contributed by atoms with Crippen LogP contribution in [-0.4, -0.2) is 6.10 Å². The normalized spacial score (nSPS) is 11.7. The molecule has 0 fully saturated rings. The Bertz CT molecular complexity index is 601. The molecular weight excluding hydrogens is 253 g/mol. The van der Waals surface area contributed by atoms with Crippen LogP contribution in [0.3, 0.4) is 0 Å². The largest absolute Gasteiger partial charge is 0.472 e. The van der Waals surface area contributed by atoms with Gasteiger partial charge in [-0.25, -0.2) is 4.39 Å². The van der Waals surface area contributed by atoms with Crippen molar-refractivity contribution in [2.24, 2.45) is 0 Å². The Morgan fingerprint density at radius 3 is 2.50 bits per heavy atom. The summed E-state index contributed by atoms with van der Waals surface area (Å²) in [6.07, 6.45) is 0.620. The number of benzene rings is 2. The fourth-order valence-electron chi connectivity index (χ4n) is 1.90. The number of halogens is 1. The molecular formula is C17H16FNO. The van der Waals surface area contributed by atoms with Gasteiger partial charge in [0.05, 0.1) is 0 Å². The summed E-state index contributed by atoms with van der Waals surface area (Å²) in [5.41, 5.74) is 2.35. The third-order valence-corrected chi connectivity index (χ3v) is 3.07. The van der Waals surface area contributed by atoms with E-state index in [-0.39, 0.29) is 5.75 Å². The molecule has 0 saturated heterocycles. The monoisotopic (exact) mass is 269 g/mol. The van der Waals surface area contributed by atoms with E-state index < -0.39 is 11.9 Å². The Labute approximate surface area is 118 Å². The maximum Gasteiger partial charge on any atom is 0.184 e. The van der Waals surface area contributed by atoms with Crippen LogP contribution in [0.4, 0.5) is 4.39 Å². The molecule has 102 valence electrons. The maximum atomic E-state index is 13.5. The lowest BCUT2D eigenvalue weighted by Gasteiger charge is -2.13. The van der Waals surface area contributed by atoms with Crippen molar-refractivity contribution >= 4 is 0 Å². The molecule has 0 spiro atoms. The summed E-state index contributed by atoms with van der Waals surface area (Å²) >= 11 is 0. The summed E-state index contributed by atoms with van der Waals surface area (Å²) in [7, 11) is 0. The van der Waals surface area contributed by atoms with Crippen LogP contribution in [0.25, 0.3) is 0 Å². The third-order valence-electron chi connectivity index (χ3n) is 3.07. The van der Waals surface area contributed by atoms with Crippen molar-refractivity contribution in [2.75, 3.05) is 0 Å². The molecule has 1 atom stereocenters. The van der Waals surface area contributed by atoms with Gasteiger partial charge in [0.2, 0.25) is 0 Å². The molecule has 0 aliphatic rings. The smallest absolute Gasteiger partial charge is 0.184 e. The first kappa shape index (κ1) is 14.1. The van der Waals surface area contributed by atoms with E-state index in [4.69, 9.17) is 10.00 Å². The molecule has 0 N–H and O–H groups in total. The molecule has 0 bridgehead atoms. The van der Waals surface area contributed by atoms with Gasteiger partial charge in [-0.2, -0.15) is 5.26 Å². The Hall–Kier alpha value is -2.34. The van der Waals surface area contributed by atoms with Crippen molar-refractivity contribution < 1.29 is 9.13 Å². The Morgan fingerprint density at radius 1 is 1.15 bits per heavy atom. The van der Waals surface area contributed by atoms with Gasteiger partial charge in [0, 0.05) is 6.42 Å². The van der Waals surface area contributed by atoms with E-state index in [9.17, 15) is 4.39 Å². The minimum Gasteiger partial charge on any atom is -0.472 e. The van der Waals surface area contributed by atoms with Crippen LogP contribution >= 0.6 is 0 Å². The van der Waals surface area contributed by atoms with Gasteiger partial charge in [-0.1, -0.05) is 42.0 Å². The zero-order valence-electron chi connectivity index (χ0n) is 11.3. The number of hydrogen-bond donors (Lipinski definition) is 0. The van der Waals surface area contributed by atoms with E-state index >= 15 is 0 Å². The highest BCUT2D eigenvalue weighted by Gasteiger charge is 2.12. The van der Waals surface area contributed by atoms with Gasteiger partial charge < -0.3 is 4.74 Å². The highest BCUT2D eigenvalue weighted by molar-refractivity contribution is 5.25. The molecule has 3 heteroatoms. The molecule has 0 saturated carbocycles. The van der Waals surface area contributed by atoms with Crippen LogP contribution < -0.4 is 4.74 Å². The molecule has 0 aliphatic carbocycles. The minimum atomic E-state index is -0.645. The predicted octanol–water partition coefficient (Wildman–Crippen LogP) is 4.04. The molecule has 0 heterocycles. The predicted molar refractivity (Wildman–Crippen MR) is 75.9 cm³/mol. The van der Waals surface area contributed by atoms with Crippen molar-refractivity contribution in [1.82, 2.24) is 0 Å². The molecule has 0 radical (unpaired) electrons. The van der Waals surface area contributed by atoms with Crippen molar-refractivity contribution in [3.05, 3.63) is 65.5 Å². The summed E-state index contributed by atoms with van der Waals surface area (Å²) in [5.74, 6) is -0.314. The van der Waals surface area contributed by atoms with E-state index in [1.165, 1.54) is 17.7 Å². The number of nitrogens with zero attached hydrogens (tertiary/aromatic N) is 1. The number of ether oxygens (including phenoxy) is 1. The molecule has 1 unspecified atom stereocenters. The molecule has 2 rings (SSSR count). The van der Waals surface area contributed by atoms with Crippen LogP contribution in [0, 0.1) is 24.1 Å². The maximum absolute atomic E-state index is 13.5. The molecule has 2 aromatic carbocycles. The highest BCUT2D eigenvalue weighted by Crippen LogP contribution is 2.18. The van der Waals surface area contributed by atoms with Crippen molar-refractivity contribution in [2.45, 2.75) is 25.9 Å². The highest BCUT2D eigenvalue weighted by atomic mass is 19.1. The van der Waals surface area contributed by atoms with Crippen molar-refractivity contribution in [1.29, 1.82) is 5.26 Å². The zero-order valence-corrected chi connectivity index (χ0v) is 11.3. The van der Waals surface area contributed by atoms with Crippen molar-refractivity contribution in [3.63, 3.8) is 0 Å². The summed E-state index contributed by atoms with van der Waals surface area (Å²) < 4.78 is 18.9. The lowest BCUT2D eigenvalue weighted by atomic mass is 10.1. The average molecular weight is 269 g/mol. The molecule has 2 aromatic rings. The fraction of sp³-hybridized carbons (Fsp3) is 0.235. The number of nitriles is 1. The van der Waals surface area contributed by atoms with Gasteiger partial charge in [-0.3, -0.25) is 0 Å². The first-order valence-corrected chi connectivity index (χ1v) is 6.55. The second kappa shape index (κ2) is 6.72. The lowest BCUT2D eigenvalue weighted by Crippen LogP contribution is -2.15. The number of aryl methyl sites for hydroxylation is 2. The van der Waals surface area contributed by atoms with Gasteiger partial charge in [-0.05, 0) is 31.0 Å². The second-order valence-electron chi connectivity index (χ2n) is 4.69. The molecule has 2 nitrogen and oxygen atoms in total. The molecule has 0 aliphatic heterocycles. The van der Waals surface area contributed by atoms with Crippen LogP contribution in [-0.2, 0) is 6.42 Å². The fourth-order valence-corrected chi connectivity index (χ4v) is 1.90. The quantitative estimate of drug-likeness (QED) is 0.820. The van der Waals surface area contributed by atoms with Gasteiger partial charge >= 0.3 is 0 Å². The standard InChI is InChI=1S/C17H16FNO/c1-13-6-8-14(9-7-13)10-11-15(12-19)20-17-5-3-2-4-16(17)18/h2-9,15H,10-11H2,1H3. The first-order valence-electron chi connectivity index (χ1n) is 6.55. The summed E-state index contributed by atoms with van der Waals surface area (Å²) in [5, 5.41) is 9.10. The number of rotatable bonds is 5. The Morgan fingerprint density at radius 2 is 1.85 bits per heavy atom. The second-order valence-corrected chi connectivity index (χ2v) is 4.69. The van der Waals surface area contributed by atoms with Gasteiger partial charge in [0.25, 0.3) is 0 Å². The lowest BCUT2D eigenvalue weighted by molar-refractivity contribution is 0.234. The third kappa shape index (κ3) is 3.83. The van der Waals surface area contributed by atoms with E-state index in [1.54, 1.807) is 12.1 Å². The minimum absolute atomic E-state index is 0.128. The molecule has 20 heavy (non-hydrogen) atoms. The van der Waals surface area contributed by atoms with Crippen LogP contribution in [0.5, 0.6) is 5.75 Å². The summed E-state index contributed by atoms with van der Waals surface area (Å²) in [4.78, 5) is 0. The van der Waals surface area contributed by atoms with Crippen LogP contribution in [0.2, 0.25) is 0 Å². The average Bonchev–Trinajstić information content (AvgIpc) is 2.47. The number of para-hydroxylation sites is 1. The van der Waals surface area contributed by atoms with Crippen molar-refractivity contribution in [3.8, 4) is 11.8 Å². The topological polar surface area (TPSA) is 33.0 Å². The van der Waals surface area contributed by atoms with Gasteiger partial charge in [-0.15, -0.1) is 0 Å². The van der Waals surface area contributed by atoms with Gasteiger partial charge in [0.15, 0.2) is 17.7 Å². The van der Waals surface area contributed by atoms with E-state index in [0.717, 1.165) is 12.0 Å². The Balaban J connectivity index is 1.95. The van der Waals surface area contributed by atoms with E-state index in [2.05, 4.69) is 6.07 Å². The Kier molecular flexibility index (Phi) is 4.73. The summed E-state index contributed by atoms with van der Waals surface area (Å²) in [6, 6.07) is 16.3. The molecule has 0 aromatic heterocycles. The van der Waals surface area contributed by atoms with E-state index in [1.807, 2.05) is 31.2 Å². The summed E-state index contributed by atoms with van der Waals surface area (Å²) in [6.45, 7) is 2.03. The SMILES string of the molecule is Cc1ccc(CCC(C#N)Oc2ccccc2F)cc1. The molecule has 0 amide bonds.